The Labute approximate surface area is 236 Å². The molecule has 0 saturated heterocycles. The molecule has 9 heteroatoms. The number of aromatic nitrogens is 2. The molecule has 3 N–H and O–H groups in total. The molecule has 1 aromatic heterocycles. The fourth-order valence-electron chi connectivity index (χ4n) is 4.75. The quantitative estimate of drug-likeness (QED) is 0.217. The third kappa shape index (κ3) is 9.67. The first-order valence-electron chi connectivity index (χ1n) is 13.7. The van der Waals surface area contributed by atoms with Crippen molar-refractivity contribution < 1.29 is 14.3 Å². The third-order valence-electron chi connectivity index (χ3n) is 7.21. The first-order valence-corrected chi connectivity index (χ1v) is 15.1. The Hall–Kier alpha value is -2.88. The largest absolute Gasteiger partial charge is 0.467 e. The standard InChI is InChI=1S/C30H43N5O3S/c1-5-22(2)28(32-15-13-25-17-31-21-33-25)19-35(18-24-11-8-10-23-9-6-7-12-26(23)24)20-29(36)34-27(14-16-39-4)30(37)38-3/h6-12,17,21-22,27-28,32H,5,13-16,18-20H2,1-4H3,(H,31,33)(H,34,36)/t22-,27-,28+/m0/s1. The Morgan fingerprint density at radius 3 is 2.69 bits per heavy atom. The lowest BCUT2D eigenvalue weighted by Crippen LogP contribution is -2.50. The zero-order chi connectivity index (χ0) is 28.0. The fraction of sp³-hybridized carbons (Fsp3) is 0.500. The van der Waals surface area contributed by atoms with Gasteiger partial charge in [-0.25, -0.2) is 9.78 Å². The van der Waals surface area contributed by atoms with Gasteiger partial charge >= 0.3 is 5.97 Å². The van der Waals surface area contributed by atoms with Crippen molar-refractivity contribution in [3.63, 3.8) is 0 Å². The van der Waals surface area contributed by atoms with E-state index in [1.165, 1.54) is 23.4 Å². The summed E-state index contributed by atoms with van der Waals surface area (Å²) in [6.45, 7) is 6.76. The van der Waals surface area contributed by atoms with Crippen molar-refractivity contribution in [2.45, 2.75) is 51.7 Å². The van der Waals surface area contributed by atoms with E-state index < -0.39 is 12.0 Å². The SMILES string of the molecule is CC[C@H](C)[C@@H](CN(CC(=O)N[C@@H](CCSC)C(=O)OC)Cc1cccc2ccccc12)NCCc1cnc[nH]1. The molecule has 3 rings (SSSR count). The van der Waals surface area contributed by atoms with Crippen molar-refractivity contribution in [2.24, 2.45) is 5.92 Å². The van der Waals surface area contributed by atoms with Gasteiger partial charge < -0.3 is 20.4 Å². The first kappa shape index (κ1) is 30.7. The van der Waals surface area contributed by atoms with E-state index in [4.69, 9.17) is 4.74 Å². The van der Waals surface area contributed by atoms with E-state index >= 15 is 0 Å². The molecule has 0 bridgehead atoms. The van der Waals surface area contributed by atoms with Crippen LogP contribution in [-0.4, -0.2) is 77.6 Å². The van der Waals surface area contributed by atoms with Crippen molar-refractivity contribution in [1.29, 1.82) is 0 Å². The number of aromatic amines is 1. The molecule has 1 amide bonds. The Morgan fingerprint density at radius 1 is 1.18 bits per heavy atom. The molecular formula is C30H43N5O3S. The lowest BCUT2D eigenvalue weighted by atomic mass is 9.97. The number of nitrogens with one attached hydrogen (secondary N) is 3. The summed E-state index contributed by atoms with van der Waals surface area (Å²) in [5.74, 6) is 0.591. The zero-order valence-corrected chi connectivity index (χ0v) is 24.4. The molecule has 1 heterocycles. The van der Waals surface area contributed by atoms with Crippen LogP contribution in [0, 0.1) is 5.92 Å². The summed E-state index contributed by atoms with van der Waals surface area (Å²) in [4.78, 5) is 35.1. The number of amides is 1. The van der Waals surface area contributed by atoms with Crippen molar-refractivity contribution in [1.82, 2.24) is 25.5 Å². The summed E-state index contributed by atoms with van der Waals surface area (Å²) in [6, 6.07) is 14.2. The molecule has 8 nitrogen and oxygen atoms in total. The topological polar surface area (TPSA) is 99.3 Å². The van der Waals surface area contributed by atoms with Gasteiger partial charge in [0.25, 0.3) is 0 Å². The smallest absolute Gasteiger partial charge is 0.328 e. The summed E-state index contributed by atoms with van der Waals surface area (Å²) in [7, 11) is 1.36. The Kier molecular flexibility index (Phi) is 12.8. The number of hydrogen-bond acceptors (Lipinski definition) is 7. The maximum absolute atomic E-state index is 13.3. The number of rotatable bonds is 17. The fourth-order valence-corrected chi connectivity index (χ4v) is 5.22. The van der Waals surface area contributed by atoms with Crippen LogP contribution in [0.2, 0.25) is 0 Å². The molecule has 0 unspecified atom stereocenters. The minimum Gasteiger partial charge on any atom is -0.467 e. The van der Waals surface area contributed by atoms with Crippen molar-refractivity contribution in [3.05, 3.63) is 66.2 Å². The maximum atomic E-state index is 13.3. The molecule has 3 atom stereocenters. The number of H-pyrrole nitrogens is 1. The van der Waals surface area contributed by atoms with Gasteiger partial charge in [0.15, 0.2) is 0 Å². The Balaban J connectivity index is 1.78. The van der Waals surface area contributed by atoms with E-state index in [1.54, 1.807) is 18.1 Å². The summed E-state index contributed by atoms with van der Waals surface area (Å²) < 4.78 is 4.95. The van der Waals surface area contributed by atoms with E-state index in [9.17, 15) is 9.59 Å². The Bertz CT molecular complexity index is 1150. The number of fused-ring (bicyclic) bond motifs is 1. The van der Waals surface area contributed by atoms with Crippen LogP contribution in [0.1, 0.15) is 37.9 Å². The molecule has 0 aliphatic rings. The van der Waals surface area contributed by atoms with Crippen LogP contribution in [-0.2, 0) is 27.3 Å². The number of carbonyl (C=O) groups excluding carboxylic acids is 2. The van der Waals surface area contributed by atoms with Crippen LogP contribution in [0.3, 0.4) is 0 Å². The van der Waals surface area contributed by atoms with E-state index in [0.717, 1.165) is 30.8 Å². The number of thioether (sulfide) groups is 1. The highest BCUT2D eigenvalue weighted by Crippen LogP contribution is 2.21. The number of esters is 1. The second-order valence-electron chi connectivity index (χ2n) is 10.0. The molecule has 2 aromatic carbocycles. The Morgan fingerprint density at radius 2 is 1.97 bits per heavy atom. The number of nitrogens with zero attached hydrogens (tertiary/aromatic N) is 2. The second kappa shape index (κ2) is 16.3. The van der Waals surface area contributed by atoms with Crippen molar-refractivity contribution in [3.8, 4) is 0 Å². The first-order chi connectivity index (χ1) is 18.9. The summed E-state index contributed by atoms with van der Waals surface area (Å²) in [6.07, 6.45) is 7.95. The maximum Gasteiger partial charge on any atom is 0.328 e. The predicted octanol–water partition coefficient (Wildman–Crippen LogP) is 4.02. The lowest BCUT2D eigenvalue weighted by Gasteiger charge is -2.32. The van der Waals surface area contributed by atoms with Crippen molar-refractivity contribution >= 4 is 34.4 Å². The van der Waals surface area contributed by atoms with Crippen LogP contribution in [0.4, 0.5) is 0 Å². The van der Waals surface area contributed by atoms with Crippen LogP contribution in [0.25, 0.3) is 10.8 Å². The van der Waals surface area contributed by atoms with Gasteiger partial charge in [0.05, 0.1) is 20.0 Å². The molecule has 0 saturated carbocycles. The number of benzene rings is 2. The summed E-state index contributed by atoms with van der Waals surface area (Å²) >= 11 is 1.64. The molecule has 3 aromatic rings. The summed E-state index contributed by atoms with van der Waals surface area (Å²) in [5.41, 5.74) is 2.27. The third-order valence-corrected chi connectivity index (χ3v) is 7.86. The molecule has 0 aliphatic heterocycles. The van der Waals surface area contributed by atoms with Gasteiger partial charge in [0, 0.05) is 44.0 Å². The highest BCUT2D eigenvalue weighted by atomic mass is 32.2. The number of carbonyl (C=O) groups is 2. The number of methoxy groups -OCH3 is 1. The van der Waals surface area contributed by atoms with Crippen LogP contribution in [0.5, 0.6) is 0 Å². The predicted molar refractivity (Wildman–Crippen MR) is 160 cm³/mol. The number of ether oxygens (including phenoxy) is 1. The van der Waals surface area contributed by atoms with E-state index in [1.807, 2.05) is 18.5 Å². The van der Waals surface area contributed by atoms with Crippen LogP contribution < -0.4 is 10.6 Å². The van der Waals surface area contributed by atoms with Crippen LogP contribution >= 0.6 is 11.8 Å². The number of imidazole rings is 1. The molecule has 212 valence electrons. The van der Waals surface area contributed by atoms with Gasteiger partial charge in [-0.05, 0) is 40.7 Å². The van der Waals surface area contributed by atoms with Gasteiger partial charge in [-0.3, -0.25) is 9.69 Å². The van der Waals surface area contributed by atoms with Gasteiger partial charge in [0.1, 0.15) is 6.04 Å². The normalized spacial score (nSPS) is 13.8. The minimum atomic E-state index is -0.646. The molecule has 0 fully saturated rings. The average molecular weight is 554 g/mol. The van der Waals surface area contributed by atoms with Gasteiger partial charge in [0.2, 0.25) is 5.91 Å². The van der Waals surface area contributed by atoms with E-state index in [2.05, 4.69) is 75.7 Å². The molecular weight excluding hydrogens is 510 g/mol. The van der Waals surface area contributed by atoms with Crippen LogP contribution in [0.15, 0.2) is 55.0 Å². The summed E-state index contributed by atoms with van der Waals surface area (Å²) in [5, 5.41) is 9.03. The van der Waals surface area contributed by atoms with E-state index in [0.29, 0.717) is 25.4 Å². The minimum absolute atomic E-state index is 0.174. The highest BCUT2D eigenvalue weighted by Gasteiger charge is 2.25. The van der Waals surface area contributed by atoms with E-state index in [-0.39, 0.29) is 18.5 Å². The van der Waals surface area contributed by atoms with Crippen molar-refractivity contribution in [2.75, 3.05) is 38.8 Å². The highest BCUT2D eigenvalue weighted by molar-refractivity contribution is 7.98. The average Bonchev–Trinajstić information content (AvgIpc) is 3.47. The lowest BCUT2D eigenvalue weighted by molar-refractivity contribution is -0.145. The second-order valence-corrected chi connectivity index (χ2v) is 11.0. The van der Waals surface area contributed by atoms with Gasteiger partial charge in [-0.1, -0.05) is 62.7 Å². The molecule has 39 heavy (non-hydrogen) atoms. The molecule has 0 aliphatic carbocycles. The number of hydrogen-bond donors (Lipinski definition) is 3. The molecule has 0 radical (unpaired) electrons. The molecule has 0 spiro atoms. The monoisotopic (exact) mass is 553 g/mol. The zero-order valence-electron chi connectivity index (χ0n) is 23.6. The van der Waals surface area contributed by atoms with Gasteiger partial charge in [-0.15, -0.1) is 0 Å². The van der Waals surface area contributed by atoms with Gasteiger partial charge in [-0.2, -0.15) is 11.8 Å².